The molecule has 0 atom stereocenters. The molecule has 0 heterocycles. The predicted octanol–water partition coefficient (Wildman–Crippen LogP) is 5.12. The zero-order valence-electron chi connectivity index (χ0n) is 11.3. The minimum absolute atomic E-state index is 1.24. The van der Waals surface area contributed by atoms with Crippen LogP contribution in [0.3, 0.4) is 0 Å². The monoisotopic (exact) mass is 256 g/mol. The molecule has 0 N–H and O–H groups in total. The van der Waals surface area contributed by atoms with Gasteiger partial charge in [-0.05, 0) is 52.3 Å². The zero-order chi connectivity index (χ0) is 13.4. The highest BCUT2D eigenvalue weighted by Gasteiger charge is 2.13. The molecule has 0 nitrogen and oxygen atoms in total. The number of benzene rings is 3. The molecule has 0 saturated heterocycles. The lowest BCUT2D eigenvalue weighted by Crippen LogP contribution is -2.07. The van der Waals surface area contributed by atoms with Crippen LogP contribution in [-0.4, -0.2) is 0 Å². The van der Waals surface area contributed by atoms with E-state index >= 15 is 0 Å². The Kier molecular flexibility index (Phi) is 2.67. The Labute approximate surface area is 119 Å². The quantitative estimate of drug-likeness (QED) is 0.597. The molecular weight excluding hydrogens is 240 g/mol. The van der Waals surface area contributed by atoms with Crippen molar-refractivity contribution >= 4 is 0 Å². The molecule has 0 unspecified atom stereocenters. The first-order valence-corrected chi connectivity index (χ1v) is 7.18. The Morgan fingerprint density at radius 2 is 1.10 bits per heavy atom. The summed E-state index contributed by atoms with van der Waals surface area (Å²) in [6.07, 6.45) is 2.49. The topological polar surface area (TPSA) is 0 Å². The Morgan fingerprint density at radius 1 is 0.450 bits per heavy atom. The zero-order valence-corrected chi connectivity index (χ0v) is 11.3. The lowest BCUT2D eigenvalue weighted by molar-refractivity contribution is 0.840. The molecule has 1 aliphatic rings. The van der Waals surface area contributed by atoms with Crippen molar-refractivity contribution in [1.29, 1.82) is 0 Å². The van der Waals surface area contributed by atoms with E-state index in [1.807, 2.05) is 0 Å². The Bertz CT molecular complexity index is 754. The number of hydrogen-bond donors (Lipinski definition) is 0. The summed E-state index contributed by atoms with van der Waals surface area (Å²) in [7, 11) is 0. The van der Waals surface area contributed by atoms with Gasteiger partial charge in [0.1, 0.15) is 0 Å². The van der Waals surface area contributed by atoms with Crippen LogP contribution in [0.2, 0.25) is 0 Å². The second-order valence-corrected chi connectivity index (χ2v) is 5.43. The standard InChI is InChI=1S/C20H16/c1-2-5-15(6-3-1)17-7-4-8-18(13-17)20-12-10-16-9-11-19(16)14-20/h1-8,10,12-14H,9,11H2. The largest absolute Gasteiger partial charge is 0.0622 e. The van der Waals surface area contributed by atoms with Crippen LogP contribution in [0.5, 0.6) is 0 Å². The van der Waals surface area contributed by atoms with Gasteiger partial charge in [-0.3, -0.25) is 0 Å². The number of fused-ring (bicyclic) bond motifs is 1. The lowest BCUT2D eigenvalue weighted by Gasteiger charge is -2.19. The fourth-order valence-corrected chi connectivity index (χ4v) is 2.88. The third kappa shape index (κ3) is 1.94. The summed E-state index contributed by atoms with van der Waals surface area (Å²) >= 11 is 0. The van der Waals surface area contributed by atoms with Gasteiger partial charge in [-0.1, -0.05) is 66.7 Å². The highest BCUT2D eigenvalue weighted by molar-refractivity contribution is 5.73. The summed E-state index contributed by atoms with van der Waals surface area (Å²) in [6.45, 7) is 0. The van der Waals surface area contributed by atoms with Crippen molar-refractivity contribution in [2.45, 2.75) is 12.8 Å². The molecule has 0 bridgehead atoms. The van der Waals surface area contributed by atoms with Gasteiger partial charge >= 0.3 is 0 Å². The van der Waals surface area contributed by atoms with Crippen LogP contribution < -0.4 is 0 Å². The predicted molar refractivity (Wildman–Crippen MR) is 84.7 cm³/mol. The molecule has 0 heteroatoms. The maximum atomic E-state index is 2.35. The second kappa shape index (κ2) is 4.64. The van der Waals surface area contributed by atoms with Gasteiger partial charge in [0.15, 0.2) is 0 Å². The van der Waals surface area contributed by atoms with Crippen LogP contribution in [0.25, 0.3) is 22.3 Å². The first kappa shape index (κ1) is 11.5. The number of rotatable bonds is 2. The highest BCUT2D eigenvalue weighted by Crippen LogP contribution is 2.31. The molecule has 0 saturated carbocycles. The highest BCUT2D eigenvalue weighted by atomic mass is 14.2. The molecule has 3 aromatic rings. The van der Waals surface area contributed by atoms with Crippen LogP contribution in [0.4, 0.5) is 0 Å². The average molecular weight is 256 g/mol. The van der Waals surface area contributed by atoms with Gasteiger partial charge in [0.25, 0.3) is 0 Å². The van der Waals surface area contributed by atoms with E-state index in [1.165, 1.54) is 46.2 Å². The average Bonchev–Trinajstić information content (AvgIpc) is 2.50. The molecule has 0 amide bonds. The smallest absolute Gasteiger partial charge is 0.0178 e. The van der Waals surface area contributed by atoms with Crippen LogP contribution in [0.15, 0.2) is 72.8 Å². The molecule has 96 valence electrons. The summed E-state index contributed by atoms with van der Waals surface area (Å²) in [4.78, 5) is 0. The summed E-state index contributed by atoms with van der Waals surface area (Å²) in [5, 5.41) is 0. The Morgan fingerprint density at radius 3 is 1.80 bits per heavy atom. The van der Waals surface area contributed by atoms with Gasteiger partial charge in [0, 0.05) is 0 Å². The third-order valence-corrected chi connectivity index (χ3v) is 4.17. The normalized spacial score (nSPS) is 12.6. The molecule has 0 aromatic heterocycles. The molecule has 1 aliphatic carbocycles. The number of aryl methyl sites for hydroxylation is 2. The van der Waals surface area contributed by atoms with Crippen molar-refractivity contribution in [3.8, 4) is 22.3 Å². The molecular formula is C20H16. The van der Waals surface area contributed by atoms with Crippen molar-refractivity contribution < 1.29 is 0 Å². The van der Waals surface area contributed by atoms with Crippen LogP contribution >= 0.6 is 0 Å². The summed E-state index contributed by atoms with van der Waals surface area (Å²) in [6, 6.07) is 26.3. The molecule has 4 rings (SSSR count). The van der Waals surface area contributed by atoms with Gasteiger partial charge in [-0.25, -0.2) is 0 Å². The fourth-order valence-electron chi connectivity index (χ4n) is 2.88. The Hall–Kier alpha value is -2.34. The first-order valence-electron chi connectivity index (χ1n) is 7.18. The van der Waals surface area contributed by atoms with Gasteiger partial charge in [0.05, 0.1) is 0 Å². The first-order chi connectivity index (χ1) is 9.90. The molecule has 0 aliphatic heterocycles. The van der Waals surface area contributed by atoms with E-state index in [9.17, 15) is 0 Å². The minimum atomic E-state index is 1.24. The summed E-state index contributed by atoms with van der Waals surface area (Å²) < 4.78 is 0. The van der Waals surface area contributed by atoms with Crippen molar-refractivity contribution in [3.63, 3.8) is 0 Å². The van der Waals surface area contributed by atoms with Crippen molar-refractivity contribution in [2.24, 2.45) is 0 Å². The van der Waals surface area contributed by atoms with E-state index in [1.54, 1.807) is 0 Å². The second-order valence-electron chi connectivity index (χ2n) is 5.43. The Balaban J connectivity index is 1.77. The van der Waals surface area contributed by atoms with Crippen LogP contribution in [-0.2, 0) is 12.8 Å². The SMILES string of the molecule is c1ccc(-c2cccc(-c3ccc4c(c3)CC4)c2)cc1. The molecule has 3 aromatic carbocycles. The van der Waals surface area contributed by atoms with Gasteiger partial charge in [-0.2, -0.15) is 0 Å². The fraction of sp³-hybridized carbons (Fsp3) is 0.100. The summed E-state index contributed by atoms with van der Waals surface area (Å²) in [5.41, 5.74) is 8.24. The van der Waals surface area contributed by atoms with E-state index in [-0.39, 0.29) is 0 Å². The molecule has 0 spiro atoms. The van der Waals surface area contributed by atoms with Gasteiger partial charge in [-0.15, -0.1) is 0 Å². The van der Waals surface area contributed by atoms with E-state index in [0.717, 1.165) is 0 Å². The van der Waals surface area contributed by atoms with Crippen molar-refractivity contribution in [2.75, 3.05) is 0 Å². The van der Waals surface area contributed by atoms with E-state index in [4.69, 9.17) is 0 Å². The van der Waals surface area contributed by atoms with Gasteiger partial charge < -0.3 is 0 Å². The number of hydrogen-bond acceptors (Lipinski definition) is 0. The molecule has 0 fully saturated rings. The lowest BCUT2D eigenvalue weighted by atomic mass is 9.86. The molecule has 20 heavy (non-hydrogen) atoms. The van der Waals surface area contributed by atoms with Gasteiger partial charge in [0.2, 0.25) is 0 Å². The van der Waals surface area contributed by atoms with E-state index in [0.29, 0.717) is 0 Å². The third-order valence-electron chi connectivity index (χ3n) is 4.17. The van der Waals surface area contributed by atoms with Crippen molar-refractivity contribution in [3.05, 3.63) is 83.9 Å². The van der Waals surface area contributed by atoms with Crippen molar-refractivity contribution in [1.82, 2.24) is 0 Å². The minimum Gasteiger partial charge on any atom is -0.0622 e. The van der Waals surface area contributed by atoms with Crippen LogP contribution in [0.1, 0.15) is 11.1 Å². The van der Waals surface area contributed by atoms with E-state index < -0.39 is 0 Å². The molecule has 0 radical (unpaired) electrons. The van der Waals surface area contributed by atoms with E-state index in [2.05, 4.69) is 72.8 Å². The summed E-state index contributed by atoms with van der Waals surface area (Å²) in [5.74, 6) is 0. The maximum absolute atomic E-state index is 2.35. The maximum Gasteiger partial charge on any atom is -0.0178 e. The van der Waals surface area contributed by atoms with Crippen LogP contribution in [0, 0.1) is 0 Å².